The number of aliphatic imine (C=N–C) groups is 1. The van der Waals surface area contributed by atoms with Gasteiger partial charge in [-0.1, -0.05) is 24.3 Å². The van der Waals surface area contributed by atoms with E-state index in [-0.39, 0.29) is 24.5 Å². The largest absolute Gasteiger partial charge is 0.481 e. The molecule has 7 N–H and O–H groups in total. The number of hydrogen-bond donors (Lipinski definition) is 5. The van der Waals surface area contributed by atoms with Gasteiger partial charge in [-0.25, -0.2) is 4.99 Å². The summed E-state index contributed by atoms with van der Waals surface area (Å²) in [6, 6.07) is 15.2. The lowest BCUT2D eigenvalue weighted by atomic mass is 10.2. The second kappa shape index (κ2) is 11.5. The predicted molar refractivity (Wildman–Crippen MR) is 116 cm³/mol. The lowest BCUT2D eigenvalue weighted by molar-refractivity contribution is -0.137. The average Bonchev–Trinajstić information content (AvgIpc) is 2.70. The number of amides is 2. The summed E-state index contributed by atoms with van der Waals surface area (Å²) in [5.41, 5.74) is 11.3. The van der Waals surface area contributed by atoms with Gasteiger partial charge in [0.25, 0.3) is 5.91 Å². The summed E-state index contributed by atoms with van der Waals surface area (Å²) in [7, 11) is 0. The van der Waals surface area contributed by atoms with E-state index in [1.165, 1.54) is 17.8 Å². The van der Waals surface area contributed by atoms with E-state index in [4.69, 9.17) is 16.6 Å². The minimum Gasteiger partial charge on any atom is -0.481 e. The van der Waals surface area contributed by atoms with Gasteiger partial charge in [-0.2, -0.15) is 0 Å². The SMILES string of the molecule is NC(N)=Nc1cccc(C(=O)NCC(=O)NC(CSc2ccccc2)CC(=O)O)c1. The molecule has 0 aliphatic rings. The number of benzene rings is 2. The Bertz CT molecular complexity index is 916. The molecule has 9 nitrogen and oxygen atoms in total. The minimum absolute atomic E-state index is 0.134. The maximum absolute atomic E-state index is 12.3. The molecule has 2 aromatic rings. The quantitative estimate of drug-likeness (QED) is 0.214. The lowest BCUT2D eigenvalue weighted by Crippen LogP contribution is -2.44. The first-order chi connectivity index (χ1) is 14.3. The second-order valence-corrected chi connectivity index (χ2v) is 7.35. The molecule has 0 aliphatic heterocycles. The van der Waals surface area contributed by atoms with Crippen molar-refractivity contribution >= 4 is 41.2 Å². The molecule has 0 bridgehead atoms. The van der Waals surface area contributed by atoms with Crippen molar-refractivity contribution in [2.45, 2.75) is 17.4 Å². The molecule has 0 aromatic heterocycles. The van der Waals surface area contributed by atoms with Gasteiger partial charge >= 0.3 is 5.97 Å². The molecule has 2 amide bonds. The molecule has 0 heterocycles. The Morgan fingerprint density at radius 1 is 1.07 bits per heavy atom. The Balaban J connectivity index is 1.89. The summed E-state index contributed by atoms with van der Waals surface area (Å²) >= 11 is 1.44. The normalized spacial score (nSPS) is 11.2. The van der Waals surface area contributed by atoms with Crippen LogP contribution in [0.3, 0.4) is 0 Å². The topological polar surface area (TPSA) is 160 Å². The number of guanidine groups is 1. The second-order valence-electron chi connectivity index (χ2n) is 6.26. The van der Waals surface area contributed by atoms with Crippen molar-refractivity contribution in [3.05, 3.63) is 60.2 Å². The maximum atomic E-state index is 12.3. The number of carboxylic acids is 1. The van der Waals surface area contributed by atoms with Crippen molar-refractivity contribution in [1.82, 2.24) is 10.6 Å². The van der Waals surface area contributed by atoms with Crippen LogP contribution in [-0.2, 0) is 9.59 Å². The first kappa shape index (κ1) is 22.8. The number of hydrogen-bond acceptors (Lipinski definition) is 5. The summed E-state index contributed by atoms with van der Waals surface area (Å²) in [4.78, 5) is 40.4. The molecule has 0 aliphatic carbocycles. The van der Waals surface area contributed by atoms with Gasteiger partial charge in [0, 0.05) is 22.3 Å². The Labute approximate surface area is 177 Å². The third-order valence-corrected chi connectivity index (χ3v) is 4.93. The fourth-order valence-electron chi connectivity index (χ4n) is 2.48. The first-order valence-electron chi connectivity index (χ1n) is 9.00. The summed E-state index contributed by atoms with van der Waals surface area (Å²) in [5, 5.41) is 14.2. The van der Waals surface area contributed by atoms with Crippen molar-refractivity contribution in [1.29, 1.82) is 0 Å². The fraction of sp³-hybridized carbons (Fsp3) is 0.200. The van der Waals surface area contributed by atoms with Crippen LogP contribution >= 0.6 is 11.8 Å². The van der Waals surface area contributed by atoms with Gasteiger partial charge in [-0.05, 0) is 30.3 Å². The Kier molecular flexibility index (Phi) is 8.70. The van der Waals surface area contributed by atoms with Crippen LogP contribution in [0.4, 0.5) is 5.69 Å². The van der Waals surface area contributed by atoms with E-state index >= 15 is 0 Å². The number of nitrogens with zero attached hydrogens (tertiary/aromatic N) is 1. The van der Waals surface area contributed by atoms with Crippen LogP contribution in [0.25, 0.3) is 0 Å². The van der Waals surface area contributed by atoms with Gasteiger partial charge in [0.15, 0.2) is 5.96 Å². The Morgan fingerprint density at radius 3 is 2.47 bits per heavy atom. The molecule has 158 valence electrons. The molecule has 1 unspecified atom stereocenters. The molecule has 2 aromatic carbocycles. The van der Waals surface area contributed by atoms with Crippen LogP contribution in [0.5, 0.6) is 0 Å². The van der Waals surface area contributed by atoms with Crippen LogP contribution in [0.2, 0.25) is 0 Å². The van der Waals surface area contributed by atoms with Gasteiger partial charge in [-0.15, -0.1) is 11.8 Å². The van der Waals surface area contributed by atoms with Crippen molar-refractivity contribution in [3.8, 4) is 0 Å². The molecular weight excluding hydrogens is 406 g/mol. The number of carbonyl (C=O) groups excluding carboxylic acids is 2. The molecule has 2 rings (SSSR count). The van der Waals surface area contributed by atoms with Crippen LogP contribution in [0.1, 0.15) is 16.8 Å². The van der Waals surface area contributed by atoms with Crippen molar-refractivity contribution < 1.29 is 19.5 Å². The molecule has 0 spiro atoms. The van der Waals surface area contributed by atoms with Gasteiger partial charge < -0.3 is 27.2 Å². The summed E-state index contributed by atoms with van der Waals surface area (Å²) in [5.74, 6) is -1.73. The molecule has 30 heavy (non-hydrogen) atoms. The molecule has 10 heteroatoms. The van der Waals surface area contributed by atoms with Crippen molar-refractivity contribution in [3.63, 3.8) is 0 Å². The summed E-state index contributed by atoms with van der Waals surface area (Å²) in [6.45, 7) is -0.294. The lowest BCUT2D eigenvalue weighted by Gasteiger charge is -2.17. The van der Waals surface area contributed by atoms with Gasteiger partial charge in [0.05, 0.1) is 18.7 Å². The van der Waals surface area contributed by atoms with E-state index in [9.17, 15) is 14.4 Å². The number of nitrogens with two attached hydrogens (primary N) is 2. The zero-order chi connectivity index (χ0) is 21.9. The van der Waals surface area contributed by atoms with Crippen LogP contribution < -0.4 is 22.1 Å². The van der Waals surface area contributed by atoms with E-state index < -0.39 is 23.8 Å². The number of aliphatic carboxylic acids is 1. The summed E-state index contributed by atoms with van der Waals surface area (Å²) < 4.78 is 0. The van der Waals surface area contributed by atoms with Gasteiger partial charge in [0.2, 0.25) is 5.91 Å². The zero-order valence-corrected chi connectivity index (χ0v) is 16.9. The molecule has 0 saturated carbocycles. The molecule has 0 fully saturated rings. The number of thioether (sulfide) groups is 1. The van der Waals surface area contributed by atoms with E-state index in [0.717, 1.165) is 4.90 Å². The van der Waals surface area contributed by atoms with Crippen molar-refractivity contribution in [2.75, 3.05) is 12.3 Å². The summed E-state index contributed by atoms with van der Waals surface area (Å²) in [6.07, 6.45) is -0.222. The highest BCUT2D eigenvalue weighted by molar-refractivity contribution is 7.99. The smallest absolute Gasteiger partial charge is 0.305 e. The highest BCUT2D eigenvalue weighted by Gasteiger charge is 2.17. The van der Waals surface area contributed by atoms with Crippen LogP contribution in [0, 0.1) is 0 Å². The standard InChI is InChI=1S/C20H23N5O4S/c21-20(22)25-14-6-4-5-13(9-14)19(29)23-11-17(26)24-15(10-18(27)28)12-30-16-7-2-1-3-8-16/h1-9,15H,10-12H2,(H,23,29)(H,24,26)(H,27,28)(H4,21,22,25). The van der Waals surface area contributed by atoms with E-state index in [2.05, 4.69) is 15.6 Å². The average molecular weight is 430 g/mol. The Morgan fingerprint density at radius 2 is 1.80 bits per heavy atom. The highest BCUT2D eigenvalue weighted by Crippen LogP contribution is 2.19. The van der Waals surface area contributed by atoms with E-state index in [0.29, 0.717) is 11.4 Å². The number of carboxylic acid groups (broad SMARTS) is 1. The van der Waals surface area contributed by atoms with E-state index in [1.807, 2.05) is 30.3 Å². The zero-order valence-electron chi connectivity index (χ0n) is 16.1. The van der Waals surface area contributed by atoms with Crippen molar-refractivity contribution in [2.24, 2.45) is 16.5 Å². The molecule has 0 saturated heterocycles. The fourth-order valence-corrected chi connectivity index (χ4v) is 3.43. The minimum atomic E-state index is -1.02. The molecule has 1 atom stereocenters. The van der Waals surface area contributed by atoms with Gasteiger partial charge in [0.1, 0.15) is 0 Å². The monoisotopic (exact) mass is 429 g/mol. The molecular formula is C20H23N5O4S. The maximum Gasteiger partial charge on any atom is 0.305 e. The number of rotatable bonds is 10. The Hall–Kier alpha value is -3.53. The third kappa shape index (κ3) is 8.23. The third-order valence-electron chi connectivity index (χ3n) is 3.76. The highest BCUT2D eigenvalue weighted by atomic mass is 32.2. The van der Waals surface area contributed by atoms with Crippen LogP contribution in [-0.4, -0.2) is 47.2 Å². The van der Waals surface area contributed by atoms with Crippen LogP contribution in [0.15, 0.2) is 64.5 Å². The predicted octanol–water partition coefficient (Wildman–Crippen LogP) is 1.07. The van der Waals surface area contributed by atoms with E-state index in [1.54, 1.807) is 18.2 Å². The van der Waals surface area contributed by atoms with Gasteiger partial charge in [-0.3, -0.25) is 14.4 Å². The first-order valence-corrected chi connectivity index (χ1v) is 9.99. The number of carbonyl (C=O) groups is 3. The number of nitrogens with one attached hydrogen (secondary N) is 2. The molecule has 0 radical (unpaired) electrons.